The third kappa shape index (κ3) is 2.93. The molecular weight excluding hydrogens is 240 g/mol. The van der Waals surface area contributed by atoms with Crippen LogP contribution in [0.3, 0.4) is 0 Å². The van der Waals surface area contributed by atoms with Crippen molar-refractivity contribution in [2.24, 2.45) is 0 Å². The highest BCUT2D eigenvalue weighted by Crippen LogP contribution is 2.13. The Morgan fingerprint density at radius 2 is 2.26 bits per heavy atom. The van der Waals surface area contributed by atoms with E-state index in [9.17, 15) is 4.79 Å². The van der Waals surface area contributed by atoms with Crippen molar-refractivity contribution in [3.8, 4) is 0 Å². The number of nitrogen functional groups attached to an aromatic ring is 1. The molecule has 0 atom stereocenters. The van der Waals surface area contributed by atoms with Crippen LogP contribution < -0.4 is 5.73 Å². The lowest BCUT2D eigenvalue weighted by Gasteiger charge is -2.20. The maximum Gasteiger partial charge on any atom is 0.274 e. The maximum absolute atomic E-state index is 12.3. The molecule has 2 aromatic rings. The third-order valence-corrected chi connectivity index (χ3v) is 3.01. The van der Waals surface area contributed by atoms with E-state index in [1.165, 1.54) is 11.8 Å². The molecular formula is C14H18N4O. The summed E-state index contributed by atoms with van der Waals surface area (Å²) in [4.78, 5) is 14.1. The van der Waals surface area contributed by atoms with Crippen molar-refractivity contribution in [3.05, 3.63) is 47.3 Å². The second kappa shape index (κ2) is 5.56. The van der Waals surface area contributed by atoms with Crippen LogP contribution in [-0.4, -0.2) is 27.5 Å². The van der Waals surface area contributed by atoms with Gasteiger partial charge in [0, 0.05) is 13.1 Å². The number of aromatic nitrogens is 2. The topological polar surface area (TPSA) is 75.0 Å². The highest BCUT2D eigenvalue weighted by Gasteiger charge is 2.18. The summed E-state index contributed by atoms with van der Waals surface area (Å²) < 4.78 is 0. The molecule has 0 aliphatic rings. The quantitative estimate of drug-likeness (QED) is 0.880. The zero-order valence-electron chi connectivity index (χ0n) is 11.2. The van der Waals surface area contributed by atoms with Gasteiger partial charge in [-0.15, -0.1) is 0 Å². The minimum atomic E-state index is -0.126. The van der Waals surface area contributed by atoms with E-state index in [2.05, 4.69) is 16.3 Å². The Morgan fingerprint density at radius 3 is 2.84 bits per heavy atom. The molecule has 1 heterocycles. The van der Waals surface area contributed by atoms with E-state index in [1.807, 2.05) is 32.0 Å². The van der Waals surface area contributed by atoms with Crippen molar-refractivity contribution in [1.29, 1.82) is 0 Å². The third-order valence-electron chi connectivity index (χ3n) is 3.01. The van der Waals surface area contributed by atoms with Gasteiger partial charge < -0.3 is 10.6 Å². The Hall–Kier alpha value is -2.30. The van der Waals surface area contributed by atoms with Crippen LogP contribution in [0.4, 0.5) is 5.69 Å². The lowest BCUT2D eigenvalue weighted by atomic mass is 10.1. The van der Waals surface area contributed by atoms with Gasteiger partial charge in [-0.3, -0.25) is 9.89 Å². The highest BCUT2D eigenvalue weighted by molar-refractivity contribution is 5.96. The predicted molar refractivity (Wildman–Crippen MR) is 74.6 cm³/mol. The number of H-pyrrole nitrogens is 1. The first-order valence-corrected chi connectivity index (χ1v) is 6.25. The number of nitrogens with zero attached hydrogens (tertiary/aromatic N) is 2. The van der Waals surface area contributed by atoms with Gasteiger partial charge in [-0.2, -0.15) is 5.10 Å². The van der Waals surface area contributed by atoms with Gasteiger partial charge >= 0.3 is 0 Å². The van der Waals surface area contributed by atoms with Gasteiger partial charge in [-0.1, -0.05) is 29.8 Å². The first-order valence-electron chi connectivity index (χ1n) is 6.25. The Labute approximate surface area is 112 Å². The lowest BCUT2D eigenvalue weighted by molar-refractivity contribution is 0.0747. The zero-order valence-corrected chi connectivity index (χ0v) is 11.2. The summed E-state index contributed by atoms with van der Waals surface area (Å²) in [6.45, 7) is 5.16. The van der Waals surface area contributed by atoms with Gasteiger partial charge in [-0.25, -0.2) is 0 Å². The molecule has 0 bridgehead atoms. The van der Waals surface area contributed by atoms with Crippen LogP contribution >= 0.6 is 0 Å². The Morgan fingerprint density at radius 1 is 1.47 bits per heavy atom. The van der Waals surface area contributed by atoms with Crippen LogP contribution in [0.5, 0.6) is 0 Å². The molecule has 1 aromatic carbocycles. The van der Waals surface area contributed by atoms with Crippen LogP contribution in [0.25, 0.3) is 0 Å². The van der Waals surface area contributed by atoms with Gasteiger partial charge in [0.25, 0.3) is 5.91 Å². The molecule has 1 amide bonds. The second-order valence-electron chi connectivity index (χ2n) is 4.51. The Kier molecular flexibility index (Phi) is 3.85. The summed E-state index contributed by atoms with van der Waals surface area (Å²) in [6, 6.07) is 8.12. The van der Waals surface area contributed by atoms with E-state index < -0.39 is 0 Å². The first kappa shape index (κ1) is 13.1. The fraction of sp³-hybridized carbons (Fsp3) is 0.286. The van der Waals surface area contributed by atoms with Crippen LogP contribution in [0.15, 0.2) is 30.5 Å². The van der Waals surface area contributed by atoms with Crippen molar-refractivity contribution in [2.75, 3.05) is 12.3 Å². The van der Waals surface area contributed by atoms with Crippen molar-refractivity contribution in [1.82, 2.24) is 15.1 Å². The number of nitrogens with two attached hydrogens (primary N) is 1. The average Bonchev–Trinajstić information content (AvgIpc) is 2.81. The molecule has 0 aliphatic heterocycles. The monoisotopic (exact) mass is 258 g/mol. The van der Waals surface area contributed by atoms with E-state index in [4.69, 9.17) is 5.73 Å². The minimum absolute atomic E-state index is 0.126. The van der Waals surface area contributed by atoms with Gasteiger partial charge in [0.15, 0.2) is 0 Å². The summed E-state index contributed by atoms with van der Waals surface area (Å²) in [5, 5.41) is 6.43. The fourth-order valence-corrected chi connectivity index (χ4v) is 1.98. The number of carbonyl (C=O) groups is 1. The number of carbonyl (C=O) groups excluding carboxylic acids is 1. The molecule has 0 aliphatic carbocycles. The molecule has 1 aromatic heterocycles. The lowest BCUT2D eigenvalue weighted by Crippen LogP contribution is -2.31. The van der Waals surface area contributed by atoms with E-state index in [-0.39, 0.29) is 5.91 Å². The fourth-order valence-electron chi connectivity index (χ4n) is 1.98. The number of rotatable bonds is 4. The van der Waals surface area contributed by atoms with E-state index in [0.29, 0.717) is 24.5 Å². The molecule has 0 unspecified atom stereocenters. The van der Waals surface area contributed by atoms with E-state index >= 15 is 0 Å². The molecule has 5 nitrogen and oxygen atoms in total. The molecule has 0 saturated heterocycles. The molecule has 3 N–H and O–H groups in total. The van der Waals surface area contributed by atoms with Crippen LogP contribution in [0, 0.1) is 6.92 Å². The summed E-state index contributed by atoms with van der Waals surface area (Å²) >= 11 is 0. The molecule has 0 radical (unpaired) electrons. The molecule has 5 heteroatoms. The Balaban J connectivity index is 2.17. The number of hydrogen-bond acceptors (Lipinski definition) is 3. The normalized spacial score (nSPS) is 10.4. The molecule has 19 heavy (non-hydrogen) atoms. The van der Waals surface area contributed by atoms with Gasteiger partial charge in [0.2, 0.25) is 0 Å². The number of amides is 1. The summed E-state index contributed by atoms with van der Waals surface area (Å²) in [5.74, 6) is -0.126. The number of nitrogens with one attached hydrogen (secondary N) is 1. The Bertz CT molecular complexity index is 576. The zero-order chi connectivity index (χ0) is 13.8. The van der Waals surface area contributed by atoms with E-state index in [0.717, 1.165) is 5.56 Å². The van der Waals surface area contributed by atoms with Crippen molar-refractivity contribution >= 4 is 11.6 Å². The van der Waals surface area contributed by atoms with Crippen molar-refractivity contribution in [2.45, 2.75) is 20.4 Å². The molecule has 0 saturated carbocycles. The number of benzene rings is 1. The van der Waals surface area contributed by atoms with Crippen molar-refractivity contribution in [3.63, 3.8) is 0 Å². The molecule has 0 spiro atoms. The predicted octanol–water partition coefficient (Wildman–Crippen LogP) is 1.96. The van der Waals surface area contributed by atoms with Gasteiger partial charge in [0.05, 0.1) is 11.9 Å². The average molecular weight is 258 g/mol. The number of anilines is 1. The van der Waals surface area contributed by atoms with Crippen LogP contribution in [0.1, 0.15) is 28.5 Å². The molecule has 0 fully saturated rings. The minimum Gasteiger partial charge on any atom is -0.396 e. The SMILES string of the molecule is CCN(Cc1cccc(C)c1)C(=O)c1[nH]ncc1N. The smallest absolute Gasteiger partial charge is 0.274 e. The second-order valence-corrected chi connectivity index (χ2v) is 4.51. The largest absolute Gasteiger partial charge is 0.396 e. The van der Waals surface area contributed by atoms with Crippen molar-refractivity contribution < 1.29 is 4.79 Å². The maximum atomic E-state index is 12.3. The molecule has 100 valence electrons. The standard InChI is InChI=1S/C14H18N4O/c1-3-18(9-11-6-4-5-10(2)7-11)14(19)13-12(15)8-16-17-13/h4-8H,3,9,15H2,1-2H3,(H,16,17). The van der Waals surface area contributed by atoms with Crippen LogP contribution in [-0.2, 0) is 6.54 Å². The summed E-state index contributed by atoms with van der Waals surface area (Å²) in [5.41, 5.74) is 8.74. The highest BCUT2D eigenvalue weighted by atomic mass is 16.2. The van der Waals surface area contributed by atoms with Crippen LogP contribution in [0.2, 0.25) is 0 Å². The summed E-state index contributed by atoms with van der Waals surface area (Å²) in [6.07, 6.45) is 1.45. The van der Waals surface area contributed by atoms with Gasteiger partial charge in [0.1, 0.15) is 5.69 Å². The number of aryl methyl sites for hydroxylation is 1. The molecule has 2 rings (SSSR count). The number of hydrogen-bond donors (Lipinski definition) is 2. The summed E-state index contributed by atoms with van der Waals surface area (Å²) in [7, 11) is 0. The van der Waals surface area contributed by atoms with E-state index in [1.54, 1.807) is 4.90 Å². The first-order chi connectivity index (χ1) is 9.11. The van der Waals surface area contributed by atoms with Gasteiger partial charge in [-0.05, 0) is 19.4 Å². The number of aromatic amines is 1.